The molecular formula is C26H37IN2O5. The van der Waals surface area contributed by atoms with Crippen LogP contribution in [0.15, 0.2) is 48.1 Å². The number of para-hydroxylation sites is 1. The third-order valence-corrected chi connectivity index (χ3v) is 6.64. The van der Waals surface area contributed by atoms with Crippen molar-refractivity contribution in [3.63, 3.8) is 0 Å². The largest absolute Gasteiger partial charge is 0.482 e. The molecule has 3 unspecified atom stereocenters. The summed E-state index contributed by atoms with van der Waals surface area (Å²) in [5, 5.41) is 23.1. The van der Waals surface area contributed by atoms with E-state index in [1.54, 1.807) is 17.1 Å². The lowest BCUT2D eigenvalue weighted by molar-refractivity contribution is -0.133. The molecule has 1 aliphatic rings. The summed E-state index contributed by atoms with van der Waals surface area (Å²) in [5.41, 5.74) is 0.436. The fraction of sp³-hybridized carbons (Fsp3) is 0.538. The minimum Gasteiger partial charge on any atom is -0.482 e. The number of benzene rings is 1. The minimum absolute atomic E-state index is 0.129. The molecule has 3 atom stereocenters. The summed E-state index contributed by atoms with van der Waals surface area (Å²) in [6, 6.07) is 6.86. The molecule has 0 heterocycles. The maximum atomic E-state index is 13.1. The van der Waals surface area contributed by atoms with E-state index in [1.165, 1.54) is 0 Å². The Hall–Kier alpha value is -1.91. The Morgan fingerprint density at radius 2 is 2.00 bits per heavy atom. The van der Waals surface area contributed by atoms with Crippen molar-refractivity contribution in [2.45, 2.75) is 70.6 Å². The summed E-state index contributed by atoms with van der Waals surface area (Å²) in [6.07, 6.45) is 8.10. The molecule has 0 fully saturated rings. The Kier molecular flexibility index (Phi) is 12.6. The fourth-order valence-corrected chi connectivity index (χ4v) is 4.44. The molecule has 3 N–H and O–H groups in total. The molecule has 8 heteroatoms. The number of ether oxygens (including phenoxy) is 1. The van der Waals surface area contributed by atoms with Gasteiger partial charge in [-0.15, -0.1) is 0 Å². The van der Waals surface area contributed by atoms with Crippen molar-refractivity contribution >= 4 is 34.4 Å². The Morgan fingerprint density at radius 1 is 1.24 bits per heavy atom. The summed E-state index contributed by atoms with van der Waals surface area (Å²) in [7, 11) is 0. The van der Waals surface area contributed by atoms with Crippen molar-refractivity contribution in [3.05, 3.63) is 51.6 Å². The van der Waals surface area contributed by atoms with Gasteiger partial charge in [0.05, 0.1) is 16.2 Å². The second kappa shape index (κ2) is 15.2. The third kappa shape index (κ3) is 8.39. The van der Waals surface area contributed by atoms with Crippen LogP contribution in [-0.4, -0.2) is 64.9 Å². The van der Waals surface area contributed by atoms with Gasteiger partial charge in [0, 0.05) is 25.1 Å². The monoisotopic (exact) mass is 584 g/mol. The van der Waals surface area contributed by atoms with E-state index in [9.17, 15) is 14.7 Å². The van der Waals surface area contributed by atoms with Gasteiger partial charge < -0.3 is 25.2 Å². The van der Waals surface area contributed by atoms with E-state index in [0.29, 0.717) is 17.9 Å². The Morgan fingerprint density at radius 3 is 2.68 bits per heavy atom. The average Bonchev–Trinajstić information content (AvgIpc) is 2.84. The number of nitrogens with one attached hydrogen (secondary N) is 1. The van der Waals surface area contributed by atoms with Crippen LogP contribution in [0.4, 0.5) is 0 Å². The highest BCUT2D eigenvalue weighted by Crippen LogP contribution is 2.30. The molecule has 2 rings (SSSR count). The van der Waals surface area contributed by atoms with Gasteiger partial charge in [0.2, 0.25) is 11.8 Å². The number of aliphatic hydroxyl groups is 2. The Labute approximate surface area is 216 Å². The van der Waals surface area contributed by atoms with Crippen LogP contribution in [0.25, 0.3) is 0 Å². The van der Waals surface area contributed by atoms with Crippen molar-refractivity contribution in [3.8, 4) is 5.75 Å². The van der Waals surface area contributed by atoms with Gasteiger partial charge in [0.25, 0.3) is 0 Å². The molecule has 0 aliphatic heterocycles. The highest BCUT2D eigenvalue weighted by molar-refractivity contribution is 14.1. The van der Waals surface area contributed by atoms with E-state index >= 15 is 0 Å². The highest BCUT2D eigenvalue weighted by Gasteiger charge is 2.40. The first-order valence-corrected chi connectivity index (χ1v) is 13.2. The predicted molar refractivity (Wildman–Crippen MR) is 141 cm³/mol. The summed E-state index contributed by atoms with van der Waals surface area (Å²) in [6.45, 7) is 4.55. The van der Waals surface area contributed by atoms with Gasteiger partial charge in [0.1, 0.15) is 18.0 Å². The number of nitrogens with zero attached hydrogens (tertiary/aromatic N) is 1. The van der Waals surface area contributed by atoms with Gasteiger partial charge in [-0.05, 0) is 59.7 Å². The molecular weight excluding hydrogens is 547 g/mol. The summed E-state index contributed by atoms with van der Waals surface area (Å²) < 4.78 is 7.03. The lowest BCUT2D eigenvalue weighted by Crippen LogP contribution is -2.55. The molecule has 1 aromatic carbocycles. The maximum Gasteiger partial charge on any atom is 0.247 e. The van der Waals surface area contributed by atoms with Gasteiger partial charge in [-0.1, -0.05) is 51.3 Å². The molecule has 0 saturated heterocycles. The number of allylic oxidation sites excluding steroid dienone is 1. The third-order valence-electron chi connectivity index (χ3n) is 5.75. The van der Waals surface area contributed by atoms with E-state index in [4.69, 9.17) is 9.84 Å². The van der Waals surface area contributed by atoms with Crippen molar-refractivity contribution in [2.24, 2.45) is 0 Å². The van der Waals surface area contributed by atoms with Gasteiger partial charge in [-0.3, -0.25) is 9.59 Å². The van der Waals surface area contributed by atoms with Crippen LogP contribution in [0.3, 0.4) is 0 Å². The minimum atomic E-state index is -1.00. The zero-order valence-corrected chi connectivity index (χ0v) is 22.2. The fourth-order valence-electron chi connectivity index (χ4n) is 3.93. The predicted octanol–water partition coefficient (Wildman–Crippen LogP) is 3.58. The van der Waals surface area contributed by atoms with Crippen LogP contribution >= 0.6 is 22.6 Å². The molecule has 1 aromatic rings. The molecule has 34 heavy (non-hydrogen) atoms. The summed E-state index contributed by atoms with van der Waals surface area (Å²) >= 11 is 2.16. The molecule has 0 saturated carbocycles. The number of hydrogen-bond acceptors (Lipinski definition) is 5. The van der Waals surface area contributed by atoms with Gasteiger partial charge >= 0.3 is 0 Å². The van der Waals surface area contributed by atoms with E-state index in [2.05, 4.69) is 34.8 Å². The second-order valence-electron chi connectivity index (χ2n) is 8.35. The molecule has 7 nitrogen and oxygen atoms in total. The quantitative estimate of drug-likeness (QED) is 0.187. The van der Waals surface area contributed by atoms with Crippen molar-refractivity contribution < 1.29 is 24.5 Å². The summed E-state index contributed by atoms with van der Waals surface area (Å²) in [4.78, 5) is 27.6. The highest BCUT2D eigenvalue weighted by atomic mass is 127. The SMILES string of the molecule is CCC=CC(=O)N(CCCCCC)C1CC(C(=O)NCCO)=CC(Oc2ccccc2I)C1O. The van der Waals surface area contributed by atoms with Crippen molar-refractivity contribution in [1.29, 1.82) is 0 Å². The number of aliphatic hydroxyl groups excluding tert-OH is 2. The number of amides is 2. The molecule has 0 aromatic heterocycles. The molecule has 0 radical (unpaired) electrons. The van der Waals surface area contributed by atoms with Gasteiger partial charge in [-0.2, -0.15) is 0 Å². The Bertz CT molecular complexity index is 857. The number of hydrogen-bond donors (Lipinski definition) is 3. The standard InChI is InChI=1S/C26H37IN2O5/c1-3-5-7-10-15-29(24(31)13-6-4-2)21-17-19(26(33)28-14-16-30)18-23(25(21)32)34-22-12-9-8-11-20(22)27/h6,8-9,11-13,18,21,23,25,30,32H,3-5,7,10,14-17H2,1-2H3,(H,28,33). The zero-order valence-electron chi connectivity index (χ0n) is 20.1. The van der Waals surface area contributed by atoms with E-state index in [0.717, 1.165) is 35.7 Å². The van der Waals surface area contributed by atoms with E-state index in [1.807, 2.05) is 37.3 Å². The smallest absolute Gasteiger partial charge is 0.247 e. The second-order valence-corrected chi connectivity index (χ2v) is 9.51. The van der Waals surface area contributed by atoms with Crippen LogP contribution in [0, 0.1) is 3.57 Å². The van der Waals surface area contributed by atoms with Crippen molar-refractivity contribution in [2.75, 3.05) is 19.7 Å². The van der Waals surface area contributed by atoms with E-state index < -0.39 is 18.2 Å². The molecule has 0 spiro atoms. The van der Waals surface area contributed by atoms with Crippen molar-refractivity contribution in [1.82, 2.24) is 10.2 Å². The number of rotatable bonds is 13. The lowest BCUT2D eigenvalue weighted by atomic mass is 9.88. The maximum absolute atomic E-state index is 13.1. The number of carbonyl (C=O) groups excluding carboxylic acids is 2. The van der Waals surface area contributed by atoms with Crippen LogP contribution in [0.5, 0.6) is 5.75 Å². The van der Waals surface area contributed by atoms with Gasteiger partial charge in [0.15, 0.2) is 0 Å². The topological polar surface area (TPSA) is 99.1 Å². The first-order valence-electron chi connectivity index (χ1n) is 12.1. The number of halogens is 1. The van der Waals surface area contributed by atoms with Crippen LogP contribution in [0.1, 0.15) is 52.4 Å². The van der Waals surface area contributed by atoms with Crippen LogP contribution < -0.4 is 10.1 Å². The zero-order chi connectivity index (χ0) is 24.9. The summed E-state index contributed by atoms with van der Waals surface area (Å²) in [5.74, 6) is 0.100. The van der Waals surface area contributed by atoms with Crippen LogP contribution in [-0.2, 0) is 9.59 Å². The first-order chi connectivity index (χ1) is 16.4. The molecule has 0 bridgehead atoms. The normalized spacial score (nSPS) is 20.1. The molecule has 1 aliphatic carbocycles. The number of carbonyl (C=O) groups is 2. The lowest BCUT2D eigenvalue weighted by Gasteiger charge is -2.40. The van der Waals surface area contributed by atoms with E-state index in [-0.39, 0.29) is 31.4 Å². The van der Waals surface area contributed by atoms with Gasteiger partial charge in [-0.25, -0.2) is 0 Å². The molecule has 2 amide bonds. The Balaban J connectivity index is 2.36. The molecule has 188 valence electrons. The number of unbranched alkanes of at least 4 members (excludes halogenated alkanes) is 3. The van der Waals surface area contributed by atoms with Crippen LogP contribution in [0.2, 0.25) is 0 Å². The average molecular weight is 584 g/mol. The first kappa shape index (κ1) is 28.3.